The number of ether oxygens (including phenoxy) is 2. The fourth-order valence-corrected chi connectivity index (χ4v) is 2.35. The molecule has 0 unspecified atom stereocenters. The molecule has 0 saturated carbocycles. The highest BCUT2D eigenvalue weighted by Gasteiger charge is 2.12. The molecule has 3 rings (SSSR count). The lowest BCUT2D eigenvalue weighted by Gasteiger charge is -2.12. The summed E-state index contributed by atoms with van der Waals surface area (Å²) in [5.41, 5.74) is 6.93. The number of hydrogen-bond acceptors (Lipinski definition) is 5. The van der Waals surface area contributed by atoms with Gasteiger partial charge in [0.2, 0.25) is 5.96 Å². The van der Waals surface area contributed by atoms with E-state index in [9.17, 15) is 0 Å². The highest BCUT2D eigenvalue weighted by molar-refractivity contribution is 5.94. The van der Waals surface area contributed by atoms with Crippen molar-refractivity contribution in [2.75, 3.05) is 20.8 Å². The van der Waals surface area contributed by atoms with Crippen molar-refractivity contribution in [2.45, 2.75) is 0 Å². The van der Waals surface area contributed by atoms with Crippen LogP contribution >= 0.6 is 0 Å². The fraction of sp³-hybridized carbons (Fsp3) is 0.176. The smallest absolute Gasteiger partial charge is 0.201 e. The highest BCUT2D eigenvalue weighted by atomic mass is 16.5. The molecule has 2 heterocycles. The minimum Gasteiger partial charge on any atom is -0.493 e. The summed E-state index contributed by atoms with van der Waals surface area (Å²) in [4.78, 5) is 8.23. The lowest BCUT2D eigenvalue weighted by atomic mass is 10.2. The summed E-state index contributed by atoms with van der Waals surface area (Å²) < 4.78 is 13.2. The maximum absolute atomic E-state index is 6.04. The van der Waals surface area contributed by atoms with Crippen LogP contribution in [0.5, 0.6) is 17.2 Å². The minimum atomic E-state index is 0.407. The SMILES string of the molecule is CNCN=C(N)n1ccc2cc(Oc3ccncc3)c(OC)cc21. The van der Waals surface area contributed by atoms with E-state index in [-0.39, 0.29) is 0 Å². The standard InChI is InChI=1S/C17H19N5O2/c1-19-11-21-17(18)22-8-5-12-9-16(15(23-2)10-14(12)22)24-13-3-6-20-7-4-13/h3-10,19H,11H2,1-2H3,(H2,18,21). The van der Waals surface area contributed by atoms with Gasteiger partial charge in [0.1, 0.15) is 5.75 Å². The van der Waals surface area contributed by atoms with Gasteiger partial charge in [0.25, 0.3) is 0 Å². The Bertz CT molecular complexity index is 858. The van der Waals surface area contributed by atoms with E-state index in [1.807, 2.05) is 36.0 Å². The number of nitrogens with two attached hydrogens (primary N) is 1. The Balaban J connectivity index is 2.01. The third-order valence-electron chi connectivity index (χ3n) is 3.50. The molecule has 24 heavy (non-hydrogen) atoms. The predicted octanol–water partition coefficient (Wildman–Crippen LogP) is 2.18. The van der Waals surface area contributed by atoms with Crippen LogP contribution in [-0.4, -0.2) is 36.3 Å². The third-order valence-corrected chi connectivity index (χ3v) is 3.50. The summed E-state index contributed by atoms with van der Waals surface area (Å²) >= 11 is 0. The average molecular weight is 325 g/mol. The van der Waals surface area contributed by atoms with Gasteiger partial charge in [-0.05, 0) is 31.3 Å². The van der Waals surface area contributed by atoms with Crippen molar-refractivity contribution in [3.05, 3.63) is 48.9 Å². The van der Waals surface area contributed by atoms with Gasteiger partial charge in [-0.1, -0.05) is 0 Å². The molecule has 3 N–H and O–H groups in total. The molecule has 124 valence electrons. The zero-order chi connectivity index (χ0) is 16.9. The van der Waals surface area contributed by atoms with Crippen molar-refractivity contribution in [1.82, 2.24) is 14.9 Å². The minimum absolute atomic E-state index is 0.407. The van der Waals surface area contributed by atoms with Crippen molar-refractivity contribution >= 4 is 16.9 Å². The molecular formula is C17H19N5O2. The van der Waals surface area contributed by atoms with Crippen LogP contribution < -0.4 is 20.5 Å². The Morgan fingerprint density at radius 1 is 1.25 bits per heavy atom. The largest absolute Gasteiger partial charge is 0.493 e. The van der Waals surface area contributed by atoms with Gasteiger partial charge in [0.15, 0.2) is 11.5 Å². The van der Waals surface area contributed by atoms with Crippen LogP contribution in [0, 0.1) is 0 Å². The molecular weight excluding hydrogens is 306 g/mol. The average Bonchev–Trinajstić information content (AvgIpc) is 3.02. The molecule has 0 atom stereocenters. The first-order valence-electron chi connectivity index (χ1n) is 7.45. The predicted molar refractivity (Wildman–Crippen MR) is 93.7 cm³/mol. The summed E-state index contributed by atoms with van der Waals surface area (Å²) in [5, 5.41) is 3.91. The van der Waals surface area contributed by atoms with E-state index in [4.69, 9.17) is 15.2 Å². The van der Waals surface area contributed by atoms with Crippen molar-refractivity contribution in [2.24, 2.45) is 10.7 Å². The van der Waals surface area contributed by atoms with Crippen LogP contribution in [0.15, 0.2) is 53.9 Å². The number of fused-ring (bicyclic) bond motifs is 1. The van der Waals surface area contributed by atoms with Gasteiger partial charge in [0.05, 0.1) is 19.3 Å². The number of benzene rings is 1. The molecule has 2 aromatic heterocycles. The van der Waals surface area contributed by atoms with Gasteiger partial charge in [-0.3, -0.25) is 9.55 Å². The molecule has 7 heteroatoms. The van der Waals surface area contributed by atoms with Gasteiger partial charge >= 0.3 is 0 Å². The summed E-state index contributed by atoms with van der Waals surface area (Å²) in [6.45, 7) is 0.450. The molecule has 0 spiro atoms. The van der Waals surface area contributed by atoms with Gasteiger partial charge < -0.3 is 20.5 Å². The maximum Gasteiger partial charge on any atom is 0.201 e. The molecule has 3 aromatic rings. The van der Waals surface area contributed by atoms with Gasteiger partial charge in [-0.15, -0.1) is 0 Å². The zero-order valence-corrected chi connectivity index (χ0v) is 13.6. The summed E-state index contributed by atoms with van der Waals surface area (Å²) in [6, 6.07) is 9.33. The summed E-state index contributed by atoms with van der Waals surface area (Å²) in [6.07, 6.45) is 5.22. The maximum atomic E-state index is 6.04. The van der Waals surface area contributed by atoms with Gasteiger partial charge in [-0.2, -0.15) is 0 Å². The molecule has 0 amide bonds. The van der Waals surface area contributed by atoms with Crippen LogP contribution in [0.4, 0.5) is 0 Å². The fourth-order valence-electron chi connectivity index (χ4n) is 2.35. The van der Waals surface area contributed by atoms with Crippen LogP contribution in [-0.2, 0) is 0 Å². The van der Waals surface area contributed by atoms with Crippen LogP contribution in [0.1, 0.15) is 0 Å². The molecule has 0 aliphatic rings. The number of aliphatic imine (C=N–C) groups is 1. The van der Waals surface area contributed by atoms with E-state index in [1.165, 1.54) is 0 Å². The van der Waals surface area contributed by atoms with Crippen molar-refractivity contribution in [1.29, 1.82) is 0 Å². The molecule has 0 radical (unpaired) electrons. The second-order valence-electron chi connectivity index (χ2n) is 5.06. The van der Waals surface area contributed by atoms with Gasteiger partial charge in [0, 0.05) is 30.0 Å². The molecule has 0 bridgehead atoms. The Kier molecular flexibility index (Phi) is 4.62. The first-order valence-corrected chi connectivity index (χ1v) is 7.45. The zero-order valence-electron chi connectivity index (χ0n) is 13.6. The van der Waals surface area contributed by atoms with Gasteiger partial charge in [-0.25, -0.2) is 4.99 Å². The molecule has 7 nitrogen and oxygen atoms in total. The van der Waals surface area contributed by atoms with Crippen molar-refractivity contribution in [3.8, 4) is 17.2 Å². The van der Waals surface area contributed by atoms with Crippen LogP contribution in [0.2, 0.25) is 0 Å². The molecule has 0 aliphatic heterocycles. The van der Waals surface area contributed by atoms with E-state index in [0.717, 1.165) is 10.9 Å². The first-order chi connectivity index (χ1) is 11.7. The number of nitrogens with zero attached hydrogens (tertiary/aromatic N) is 3. The number of nitrogens with one attached hydrogen (secondary N) is 1. The number of aromatic nitrogens is 2. The highest BCUT2D eigenvalue weighted by Crippen LogP contribution is 2.35. The second-order valence-corrected chi connectivity index (χ2v) is 5.06. The van der Waals surface area contributed by atoms with E-state index in [0.29, 0.717) is 29.9 Å². The summed E-state index contributed by atoms with van der Waals surface area (Å²) in [7, 11) is 3.42. The third kappa shape index (κ3) is 3.16. The van der Waals surface area contributed by atoms with Crippen molar-refractivity contribution in [3.63, 3.8) is 0 Å². The molecule has 0 aliphatic carbocycles. The number of rotatable bonds is 5. The summed E-state index contributed by atoms with van der Waals surface area (Å²) in [5.74, 6) is 2.33. The molecule has 0 saturated heterocycles. The lowest BCUT2D eigenvalue weighted by Crippen LogP contribution is -2.23. The molecule has 1 aromatic carbocycles. The van der Waals surface area contributed by atoms with Crippen LogP contribution in [0.25, 0.3) is 10.9 Å². The topological polar surface area (TPSA) is 86.7 Å². The Labute approximate surface area is 139 Å². The number of hydrogen-bond donors (Lipinski definition) is 2. The van der Waals surface area contributed by atoms with E-state index in [2.05, 4.69) is 15.3 Å². The van der Waals surface area contributed by atoms with E-state index < -0.39 is 0 Å². The second kappa shape index (κ2) is 7.01. The monoisotopic (exact) mass is 325 g/mol. The molecule has 0 fully saturated rings. The quantitative estimate of drug-likeness (QED) is 0.554. The Morgan fingerprint density at radius 2 is 2.04 bits per heavy atom. The normalized spacial score (nSPS) is 11.7. The Morgan fingerprint density at radius 3 is 2.75 bits per heavy atom. The van der Waals surface area contributed by atoms with E-state index >= 15 is 0 Å². The number of methoxy groups -OCH3 is 1. The Hall–Kier alpha value is -3.06. The number of pyridine rings is 1. The van der Waals surface area contributed by atoms with Crippen molar-refractivity contribution < 1.29 is 9.47 Å². The van der Waals surface area contributed by atoms with E-state index in [1.54, 1.807) is 31.6 Å². The van der Waals surface area contributed by atoms with Crippen LogP contribution in [0.3, 0.4) is 0 Å². The first kappa shape index (κ1) is 15.8. The lowest BCUT2D eigenvalue weighted by molar-refractivity contribution is 0.379.